The summed E-state index contributed by atoms with van der Waals surface area (Å²) in [4.78, 5) is 33.2. The highest BCUT2D eigenvalue weighted by atomic mass is 16.5. The molecule has 2 N–H and O–H groups in total. The van der Waals surface area contributed by atoms with Crippen LogP contribution in [0, 0.1) is 0 Å². The molecule has 0 radical (unpaired) electrons. The van der Waals surface area contributed by atoms with Gasteiger partial charge in [0.2, 0.25) is 0 Å². The van der Waals surface area contributed by atoms with E-state index < -0.39 is 17.7 Å². The van der Waals surface area contributed by atoms with Gasteiger partial charge in [-0.25, -0.2) is 0 Å². The molecule has 0 bridgehead atoms. The molecule has 4 rings (SSSR count). The van der Waals surface area contributed by atoms with Crippen LogP contribution in [0.3, 0.4) is 0 Å². The third-order valence-electron chi connectivity index (χ3n) is 5.78. The second-order valence-electron chi connectivity index (χ2n) is 7.59. The minimum absolute atomic E-state index is 0.0610. The van der Waals surface area contributed by atoms with Crippen LogP contribution in [0.1, 0.15) is 17.3 Å². The Labute approximate surface area is 180 Å². The van der Waals surface area contributed by atoms with E-state index >= 15 is 0 Å². The van der Waals surface area contributed by atoms with Crippen LogP contribution >= 0.6 is 0 Å². The van der Waals surface area contributed by atoms with Crippen molar-refractivity contribution in [2.75, 3.05) is 46.5 Å². The van der Waals surface area contributed by atoms with Gasteiger partial charge in [0.1, 0.15) is 30.6 Å². The summed E-state index contributed by atoms with van der Waals surface area (Å²) in [5, 5.41) is 11.0. The third-order valence-corrected chi connectivity index (χ3v) is 5.78. The molecular formula is C23H26N3O5+. The lowest BCUT2D eigenvalue weighted by molar-refractivity contribution is -0.907. The SMILES string of the molecule is COc1ccc(/C(O)=C2\C(=O)C(=O)N(CC[NH+]3CCOCC3)[C@H]2c2ccccn2)cc1. The molecule has 1 amide bonds. The van der Waals surface area contributed by atoms with Gasteiger partial charge < -0.3 is 24.4 Å². The predicted octanol–water partition coefficient (Wildman–Crippen LogP) is 0.427. The van der Waals surface area contributed by atoms with Gasteiger partial charge >= 0.3 is 0 Å². The zero-order chi connectivity index (χ0) is 21.8. The van der Waals surface area contributed by atoms with Gasteiger partial charge in [-0.1, -0.05) is 6.07 Å². The lowest BCUT2D eigenvalue weighted by Crippen LogP contribution is -3.14. The van der Waals surface area contributed by atoms with Crippen molar-refractivity contribution in [3.05, 3.63) is 65.5 Å². The van der Waals surface area contributed by atoms with Crippen molar-refractivity contribution in [3.8, 4) is 5.75 Å². The Morgan fingerprint density at radius 1 is 1.19 bits per heavy atom. The summed E-state index contributed by atoms with van der Waals surface area (Å²) < 4.78 is 10.6. The van der Waals surface area contributed by atoms with Gasteiger partial charge in [-0.3, -0.25) is 14.6 Å². The zero-order valence-electron chi connectivity index (χ0n) is 17.4. The number of nitrogens with zero attached hydrogens (tertiary/aromatic N) is 2. The Bertz CT molecular complexity index is 968. The Balaban J connectivity index is 1.70. The molecule has 3 heterocycles. The molecule has 8 nitrogen and oxygen atoms in total. The number of likely N-dealkylation sites (tertiary alicyclic amines) is 1. The highest BCUT2D eigenvalue weighted by Crippen LogP contribution is 2.38. The van der Waals surface area contributed by atoms with E-state index in [2.05, 4.69) is 4.98 Å². The average Bonchev–Trinajstić information content (AvgIpc) is 3.08. The first-order valence-electron chi connectivity index (χ1n) is 10.3. The molecule has 2 fully saturated rings. The van der Waals surface area contributed by atoms with E-state index in [0.717, 1.165) is 13.1 Å². The zero-order valence-corrected chi connectivity index (χ0v) is 17.4. The van der Waals surface area contributed by atoms with Crippen LogP contribution in [-0.2, 0) is 14.3 Å². The number of hydrogen-bond donors (Lipinski definition) is 2. The maximum Gasteiger partial charge on any atom is 0.295 e. The summed E-state index contributed by atoms with van der Waals surface area (Å²) in [7, 11) is 1.55. The van der Waals surface area contributed by atoms with Crippen LogP contribution in [0.2, 0.25) is 0 Å². The average molecular weight is 424 g/mol. The number of carbonyl (C=O) groups excluding carboxylic acids is 2. The van der Waals surface area contributed by atoms with E-state index in [1.54, 1.807) is 49.7 Å². The standard InChI is InChI=1S/C23H25N3O5/c1-30-17-7-5-16(6-8-17)21(27)19-20(18-4-2-3-9-24-18)26(23(29)22(19)28)11-10-25-12-14-31-15-13-25/h2-9,20,27H,10-15H2,1H3/p+1/b21-19+/t20-/m0/s1. The van der Waals surface area contributed by atoms with Crippen molar-refractivity contribution >= 4 is 17.4 Å². The fourth-order valence-electron chi connectivity index (χ4n) is 4.05. The molecule has 8 heteroatoms. The Kier molecular flexibility index (Phi) is 6.29. The predicted molar refractivity (Wildman–Crippen MR) is 113 cm³/mol. The molecule has 31 heavy (non-hydrogen) atoms. The van der Waals surface area contributed by atoms with Crippen LogP contribution in [0.4, 0.5) is 0 Å². The van der Waals surface area contributed by atoms with Crippen LogP contribution in [0.5, 0.6) is 5.75 Å². The molecule has 0 aliphatic carbocycles. The first kappa shape index (κ1) is 21.0. The van der Waals surface area contributed by atoms with Crippen molar-refractivity contribution < 1.29 is 29.1 Å². The van der Waals surface area contributed by atoms with Crippen LogP contribution in [-0.4, -0.2) is 73.2 Å². The summed E-state index contributed by atoms with van der Waals surface area (Å²) in [5.41, 5.74) is 1.05. The van der Waals surface area contributed by atoms with Gasteiger partial charge in [0.25, 0.3) is 11.7 Å². The second kappa shape index (κ2) is 9.28. The van der Waals surface area contributed by atoms with Crippen molar-refractivity contribution in [1.82, 2.24) is 9.88 Å². The first-order valence-corrected chi connectivity index (χ1v) is 10.3. The molecule has 2 saturated heterocycles. The highest BCUT2D eigenvalue weighted by molar-refractivity contribution is 6.46. The Morgan fingerprint density at radius 2 is 1.94 bits per heavy atom. The minimum Gasteiger partial charge on any atom is -0.507 e. The minimum atomic E-state index is -0.733. The smallest absolute Gasteiger partial charge is 0.295 e. The van der Waals surface area contributed by atoms with Crippen molar-refractivity contribution in [3.63, 3.8) is 0 Å². The lowest BCUT2D eigenvalue weighted by atomic mass is 9.98. The maximum atomic E-state index is 13.0. The number of aliphatic hydroxyl groups is 1. The summed E-state index contributed by atoms with van der Waals surface area (Å²) in [6.45, 7) is 4.20. The van der Waals surface area contributed by atoms with Crippen LogP contribution < -0.4 is 9.64 Å². The van der Waals surface area contributed by atoms with Crippen LogP contribution in [0.25, 0.3) is 5.76 Å². The number of morpholine rings is 1. The number of quaternary nitrogens is 1. The Hall–Kier alpha value is -3.23. The summed E-state index contributed by atoms with van der Waals surface area (Å²) in [6.07, 6.45) is 1.62. The van der Waals surface area contributed by atoms with Gasteiger partial charge in [-0.15, -0.1) is 0 Å². The van der Waals surface area contributed by atoms with Gasteiger partial charge in [0, 0.05) is 11.8 Å². The van der Waals surface area contributed by atoms with E-state index in [1.807, 2.05) is 6.07 Å². The van der Waals surface area contributed by atoms with E-state index in [-0.39, 0.29) is 11.3 Å². The highest BCUT2D eigenvalue weighted by Gasteiger charge is 2.47. The number of ketones is 1. The number of amides is 1. The van der Waals surface area contributed by atoms with E-state index in [0.29, 0.717) is 43.3 Å². The van der Waals surface area contributed by atoms with E-state index in [4.69, 9.17) is 9.47 Å². The number of nitrogens with one attached hydrogen (secondary N) is 1. The van der Waals surface area contributed by atoms with E-state index in [1.165, 1.54) is 9.80 Å². The number of aromatic nitrogens is 1. The van der Waals surface area contributed by atoms with Gasteiger partial charge in [-0.2, -0.15) is 0 Å². The number of carbonyl (C=O) groups is 2. The number of hydrogen-bond acceptors (Lipinski definition) is 6. The molecule has 2 aromatic rings. The quantitative estimate of drug-likeness (QED) is 0.397. The summed E-state index contributed by atoms with van der Waals surface area (Å²) in [5.74, 6) is -0.885. The summed E-state index contributed by atoms with van der Waals surface area (Å²) >= 11 is 0. The molecule has 162 valence electrons. The molecule has 2 aliphatic rings. The van der Waals surface area contributed by atoms with Gasteiger partial charge in [0.05, 0.1) is 44.7 Å². The largest absolute Gasteiger partial charge is 0.507 e. The number of aliphatic hydroxyl groups excluding tert-OH is 1. The second-order valence-corrected chi connectivity index (χ2v) is 7.59. The molecule has 1 aromatic heterocycles. The molecule has 0 spiro atoms. The summed E-state index contributed by atoms with van der Waals surface area (Å²) in [6, 6.07) is 11.3. The number of pyridine rings is 1. The fourth-order valence-corrected chi connectivity index (χ4v) is 4.05. The van der Waals surface area contributed by atoms with Crippen molar-refractivity contribution in [1.29, 1.82) is 0 Å². The van der Waals surface area contributed by atoms with Gasteiger partial charge in [0.15, 0.2) is 0 Å². The molecule has 1 aromatic carbocycles. The molecule has 2 aliphatic heterocycles. The number of ether oxygens (including phenoxy) is 2. The third kappa shape index (κ3) is 4.30. The Morgan fingerprint density at radius 3 is 2.58 bits per heavy atom. The molecule has 0 unspecified atom stereocenters. The molecular weight excluding hydrogens is 398 g/mol. The fraction of sp³-hybridized carbons (Fsp3) is 0.348. The molecule has 0 saturated carbocycles. The van der Waals surface area contributed by atoms with Crippen molar-refractivity contribution in [2.45, 2.75) is 6.04 Å². The number of benzene rings is 1. The number of methoxy groups -OCH3 is 1. The van der Waals surface area contributed by atoms with E-state index in [9.17, 15) is 14.7 Å². The normalized spacial score (nSPS) is 21.5. The topological polar surface area (TPSA) is 93.4 Å². The van der Waals surface area contributed by atoms with Crippen molar-refractivity contribution in [2.24, 2.45) is 0 Å². The van der Waals surface area contributed by atoms with Crippen LogP contribution in [0.15, 0.2) is 54.2 Å². The number of Topliss-reactive ketones (excluding diaryl/α,β-unsaturated/α-hetero) is 1. The first-order chi connectivity index (χ1) is 15.1. The monoisotopic (exact) mass is 424 g/mol. The van der Waals surface area contributed by atoms with Gasteiger partial charge in [-0.05, 0) is 36.4 Å². The molecule has 1 atom stereocenters. The maximum absolute atomic E-state index is 13.0. The number of rotatable bonds is 6. The lowest BCUT2D eigenvalue weighted by Gasteiger charge is -2.28.